The lowest BCUT2D eigenvalue weighted by molar-refractivity contribution is -0.142. The highest BCUT2D eigenvalue weighted by Crippen LogP contribution is 2.42. The molecule has 0 amide bonds. The van der Waals surface area contributed by atoms with Crippen LogP contribution in [0.2, 0.25) is 5.02 Å². The summed E-state index contributed by atoms with van der Waals surface area (Å²) in [4.78, 5) is 20.2. The second-order valence-corrected chi connectivity index (χ2v) is 13.4. The minimum Gasteiger partial charge on any atom is -0.466 e. The summed E-state index contributed by atoms with van der Waals surface area (Å²) < 4.78 is 8.38. The van der Waals surface area contributed by atoms with Crippen LogP contribution in [0.25, 0.3) is 42.8 Å². The molecule has 0 unspecified atom stereocenters. The van der Waals surface area contributed by atoms with Crippen molar-refractivity contribution in [2.24, 2.45) is 7.05 Å². The number of thiazole rings is 1. The van der Waals surface area contributed by atoms with Gasteiger partial charge in [-0.3, -0.25) is 14.4 Å². The van der Waals surface area contributed by atoms with E-state index in [4.69, 9.17) is 26.4 Å². The largest absolute Gasteiger partial charge is 0.466 e. The van der Waals surface area contributed by atoms with Gasteiger partial charge in [0.05, 0.1) is 34.5 Å². The average molecular weight is 587 g/mol. The quantitative estimate of drug-likeness (QED) is 0.190. The Morgan fingerprint density at radius 3 is 2.49 bits per heavy atom. The van der Waals surface area contributed by atoms with Crippen molar-refractivity contribution in [2.45, 2.75) is 52.5 Å². The molecule has 0 atom stereocenters. The Bertz CT molecular complexity index is 1780. The number of carbonyl (C=O) groups excluding carboxylic acids is 1. The zero-order valence-electron chi connectivity index (χ0n) is 24.4. The fraction of sp³-hybridized carbons (Fsp3) is 0.364. The predicted molar refractivity (Wildman–Crippen MR) is 169 cm³/mol. The molecule has 212 valence electrons. The summed E-state index contributed by atoms with van der Waals surface area (Å²) in [5.41, 5.74) is 8.48. The molecule has 6 nitrogen and oxygen atoms in total. The Balaban J connectivity index is 1.46. The van der Waals surface area contributed by atoms with Gasteiger partial charge < -0.3 is 4.74 Å². The lowest BCUT2D eigenvalue weighted by Gasteiger charge is -2.47. The van der Waals surface area contributed by atoms with Gasteiger partial charge in [-0.15, -0.1) is 11.3 Å². The van der Waals surface area contributed by atoms with Gasteiger partial charge in [0.1, 0.15) is 5.01 Å². The standard InChI is InChI=1S/C33H35ClN4O2S/c1-7-40-28(39)16-24-19(2)14-26-31(29(24)20-8-11-23(34)12-9-20)41-32(35-26)21-10-13-27-25(15-21)30(36-37(27)6)22-17-38(18-22)33(3,4)5/h8-15,22H,7,16-18H2,1-6H3. The van der Waals surface area contributed by atoms with Gasteiger partial charge in [-0.25, -0.2) is 4.98 Å². The second kappa shape index (κ2) is 10.5. The first-order valence-corrected chi connectivity index (χ1v) is 15.3. The molecule has 8 heteroatoms. The summed E-state index contributed by atoms with van der Waals surface area (Å²) in [5.74, 6) is 0.193. The molecule has 0 aliphatic carbocycles. The summed E-state index contributed by atoms with van der Waals surface area (Å²) in [7, 11) is 2.02. The maximum absolute atomic E-state index is 12.6. The van der Waals surface area contributed by atoms with Gasteiger partial charge in [0.2, 0.25) is 0 Å². The minimum atomic E-state index is -0.231. The first-order valence-electron chi connectivity index (χ1n) is 14.1. The highest BCUT2D eigenvalue weighted by Gasteiger charge is 2.37. The van der Waals surface area contributed by atoms with Crippen LogP contribution in [-0.4, -0.2) is 50.9 Å². The molecule has 1 aliphatic heterocycles. The van der Waals surface area contributed by atoms with Crippen LogP contribution in [0.1, 0.15) is 50.4 Å². The van der Waals surface area contributed by atoms with Crippen LogP contribution in [-0.2, 0) is 23.0 Å². The van der Waals surface area contributed by atoms with E-state index in [1.165, 1.54) is 11.1 Å². The second-order valence-electron chi connectivity index (χ2n) is 11.9. The molecule has 1 fully saturated rings. The Morgan fingerprint density at radius 1 is 1.10 bits per heavy atom. The Kier molecular flexibility index (Phi) is 7.17. The minimum absolute atomic E-state index is 0.166. The average Bonchev–Trinajstić information content (AvgIpc) is 3.44. The molecule has 0 saturated carbocycles. The number of likely N-dealkylation sites (tertiary alicyclic amines) is 1. The predicted octanol–water partition coefficient (Wildman–Crippen LogP) is 7.78. The molecule has 2 aromatic heterocycles. The number of carbonyl (C=O) groups is 1. The van der Waals surface area contributed by atoms with Crippen molar-refractivity contribution < 1.29 is 9.53 Å². The van der Waals surface area contributed by atoms with Crippen LogP contribution < -0.4 is 0 Å². The number of esters is 1. The van der Waals surface area contributed by atoms with E-state index in [2.05, 4.69) is 49.9 Å². The summed E-state index contributed by atoms with van der Waals surface area (Å²) in [5, 5.41) is 7.77. The van der Waals surface area contributed by atoms with Crippen molar-refractivity contribution in [2.75, 3.05) is 19.7 Å². The van der Waals surface area contributed by atoms with Crippen LogP contribution >= 0.6 is 22.9 Å². The number of nitrogens with zero attached hydrogens (tertiary/aromatic N) is 4. The molecule has 0 bridgehead atoms. The molecule has 5 aromatic rings. The van der Waals surface area contributed by atoms with Crippen LogP contribution in [0.5, 0.6) is 0 Å². The van der Waals surface area contributed by atoms with E-state index >= 15 is 0 Å². The van der Waals surface area contributed by atoms with Gasteiger partial charge in [0.15, 0.2) is 0 Å². The van der Waals surface area contributed by atoms with Crippen molar-refractivity contribution in [3.63, 3.8) is 0 Å². The van der Waals surface area contributed by atoms with E-state index in [1.54, 1.807) is 11.3 Å². The Hall–Kier alpha value is -3.26. The normalized spacial score (nSPS) is 14.6. The fourth-order valence-electron chi connectivity index (χ4n) is 5.79. The Labute approximate surface area is 249 Å². The van der Waals surface area contributed by atoms with Gasteiger partial charge in [-0.1, -0.05) is 23.7 Å². The van der Waals surface area contributed by atoms with E-state index in [1.807, 2.05) is 49.8 Å². The topological polar surface area (TPSA) is 60.2 Å². The van der Waals surface area contributed by atoms with Crippen LogP contribution in [0.15, 0.2) is 48.5 Å². The van der Waals surface area contributed by atoms with Crippen LogP contribution in [0, 0.1) is 6.92 Å². The third-order valence-corrected chi connectivity index (χ3v) is 9.50. The third kappa shape index (κ3) is 5.16. The van der Waals surface area contributed by atoms with E-state index in [-0.39, 0.29) is 17.9 Å². The van der Waals surface area contributed by atoms with Gasteiger partial charge in [0, 0.05) is 53.1 Å². The molecule has 1 saturated heterocycles. The molecule has 3 heterocycles. The Morgan fingerprint density at radius 2 is 1.80 bits per heavy atom. The third-order valence-electron chi connectivity index (χ3n) is 8.11. The van der Waals surface area contributed by atoms with Crippen molar-refractivity contribution in [3.05, 3.63) is 70.4 Å². The first-order chi connectivity index (χ1) is 19.5. The van der Waals surface area contributed by atoms with Crippen LogP contribution in [0.4, 0.5) is 0 Å². The molecule has 1 aliphatic rings. The van der Waals surface area contributed by atoms with Gasteiger partial charge >= 0.3 is 5.97 Å². The summed E-state index contributed by atoms with van der Waals surface area (Å²) >= 11 is 7.89. The summed E-state index contributed by atoms with van der Waals surface area (Å²) in [6.07, 6.45) is 0.207. The van der Waals surface area contributed by atoms with Crippen molar-refractivity contribution in [1.82, 2.24) is 19.7 Å². The lowest BCUT2D eigenvalue weighted by atomic mass is 9.88. The number of ether oxygens (including phenoxy) is 1. The number of aryl methyl sites for hydroxylation is 2. The SMILES string of the molecule is CCOC(=O)Cc1c(C)cc2nc(-c3ccc4c(c3)c(C3CN(C(C)(C)C)C3)nn4C)sc2c1-c1ccc(Cl)cc1. The highest BCUT2D eigenvalue weighted by molar-refractivity contribution is 7.22. The van der Waals surface area contributed by atoms with Crippen molar-refractivity contribution in [1.29, 1.82) is 0 Å². The highest BCUT2D eigenvalue weighted by atomic mass is 35.5. The number of rotatable bonds is 6. The molecule has 6 rings (SSSR count). The number of fused-ring (bicyclic) bond motifs is 2. The number of benzene rings is 3. The van der Waals surface area contributed by atoms with Crippen molar-refractivity contribution in [3.8, 4) is 21.7 Å². The lowest BCUT2D eigenvalue weighted by Crippen LogP contribution is -2.54. The monoisotopic (exact) mass is 586 g/mol. The van der Waals surface area contributed by atoms with Crippen LogP contribution in [0.3, 0.4) is 0 Å². The molecule has 0 radical (unpaired) electrons. The number of halogens is 1. The van der Waals surface area contributed by atoms with Crippen molar-refractivity contribution >= 4 is 50.0 Å². The zero-order chi connectivity index (χ0) is 29.1. The maximum Gasteiger partial charge on any atom is 0.310 e. The summed E-state index contributed by atoms with van der Waals surface area (Å²) in [6, 6.07) is 16.4. The number of aromatic nitrogens is 3. The molecular weight excluding hydrogens is 552 g/mol. The molecule has 41 heavy (non-hydrogen) atoms. The fourth-order valence-corrected chi connectivity index (χ4v) is 7.05. The van der Waals surface area contributed by atoms with Gasteiger partial charge in [-0.05, 0) is 87.7 Å². The smallest absolute Gasteiger partial charge is 0.310 e. The molecule has 0 spiro atoms. The van der Waals surface area contributed by atoms with E-state index in [0.29, 0.717) is 17.5 Å². The summed E-state index contributed by atoms with van der Waals surface area (Å²) in [6.45, 7) is 13.1. The van der Waals surface area contributed by atoms with Gasteiger partial charge in [-0.2, -0.15) is 5.10 Å². The number of hydrogen-bond donors (Lipinski definition) is 0. The molecule has 3 aromatic carbocycles. The van der Waals surface area contributed by atoms with E-state index in [9.17, 15) is 4.79 Å². The first kappa shape index (κ1) is 27.9. The van der Waals surface area contributed by atoms with Gasteiger partial charge in [0.25, 0.3) is 0 Å². The maximum atomic E-state index is 12.6. The molecular formula is C33H35ClN4O2S. The molecule has 0 N–H and O–H groups in total. The van der Waals surface area contributed by atoms with E-state index < -0.39 is 0 Å². The zero-order valence-corrected chi connectivity index (χ0v) is 26.0. The number of hydrogen-bond acceptors (Lipinski definition) is 6. The van der Waals surface area contributed by atoms with E-state index in [0.717, 1.165) is 61.6 Å².